The molecule has 4 nitrogen and oxygen atoms in total. The van der Waals surface area contributed by atoms with Crippen molar-refractivity contribution in [3.05, 3.63) is 48.0 Å². The fraction of sp³-hybridized carbons (Fsp3) is 0. The summed E-state index contributed by atoms with van der Waals surface area (Å²) in [6.45, 7) is 0. The number of rotatable bonds is 2. The lowest BCUT2D eigenvalue weighted by atomic mass is 10.2. The minimum atomic E-state index is -0.554. The normalized spacial score (nSPS) is 9.93. The molecule has 76 valence electrons. The van der Waals surface area contributed by atoms with Crippen molar-refractivity contribution in [3.8, 4) is 0 Å². The molecule has 1 amide bonds. The van der Waals surface area contributed by atoms with Crippen LogP contribution in [0.2, 0.25) is 0 Å². The van der Waals surface area contributed by atoms with Gasteiger partial charge in [0.1, 0.15) is 5.82 Å². The van der Waals surface area contributed by atoms with Crippen LogP contribution in [0.4, 0.5) is 10.3 Å². The fourth-order valence-corrected chi connectivity index (χ4v) is 1.15. The van der Waals surface area contributed by atoms with Gasteiger partial charge in [0.2, 0.25) is 5.95 Å². The second kappa shape index (κ2) is 3.91. The van der Waals surface area contributed by atoms with E-state index in [0.29, 0.717) is 5.95 Å². The lowest BCUT2D eigenvalue weighted by Gasteiger charge is -2.02. The molecule has 1 heterocycles. The minimum Gasteiger partial charge on any atom is -0.331 e. The van der Waals surface area contributed by atoms with Crippen molar-refractivity contribution in [1.82, 2.24) is 9.97 Å². The number of amides is 1. The van der Waals surface area contributed by atoms with Gasteiger partial charge in [0.25, 0.3) is 5.91 Å². The molecule has 1 aromatic carbocycles. The predicted octanol–water partition coefficient (Wildman–Crippen LogP) is 1.80. The molecule has 0 aliphatic heterocycles. The highest BCUT2D eigenvalue weighted by molar-refractivity contribution is 6.03. The van der Waals surface area contributed by atoms with E-state index in [1.165, 1.54) is 24.4 Å². The van der Waals surface area contributed by atoms with Crippen LogP contribution in [0.3, 0.4) is 0 Å². The molecule has 0 saturated carbocycles. The van der Waals surface area contributed by atoms with Gasteiger partial charge in [0.15, 0.2) is 0 Å². The highest BCUT2D eigenvalue weighted by atomic mass is 19.1. The summed E-state index contributed by atoms with van der Waals surface area (Å²) in [6.07, 6.45) is 3.06. The van der Waals surface area contributed by atoms with E-state index in [1.54, 1.807) is 12.3 Å². The van der Waals surface area contributed by atoms with Crippen LogP contribution in [0.15, 0.2) is 36.7 Å². The first kappa shape index (κ1) is 9.39. The highest BCUT2D eigenvalue weighted by Gasteiger charge is 2.11. The molecule has 15 heavy (non-hydrogen) atoms. The fourth-order valence-electron chi connectivity index (χ4n) is 1.15. The van der Waals surface area contributed by atoms with Gasteiger partial charge in [-0.3, -0.25) is 10.1 Å². The van der Waals surface area contributed by atoms with Gasteiger partial charge in [-0.05, 0) is 12.1 Å². The number of halogens is 1. The first-order valence-corrected chi connectivity index (χ1v) is 4.32. The molecule has 1 aromatic heterocycles. The van der Waals surface area contributed by atoms with Crippen molar-refractivity contribution in [2.75, 3.05) is 5.32 Å². The summed E-state index contributed by atoms with van der Waals surface area (Å²) in [5, 5.41) is 2.43. The van der Waals surface area contributed by atoms with Gasteiger partial charge >= 0.3 is 0 Å². The van der Waals surface area contributed by atoms with E-state index in [0.717, 1.165) is 0 Å². The summed E-state index contributed by atoms with van der Waals surface area (Å²) in [6, 6.07) is 5.77. The van der Waals surface area contributed by atoms with Crippen molar-refractivity contribution in [1.29, 1.82) is 0 Å². The van der Waals surface area contributed by atoms with Gasteiger partial charge in [-0.25, -0.2) is 9.37 Å². The maximum Gasteiger partial charge on any atom is 0.260 e. The number of nitrogens with zero attached hydrogens (tertiary/aromatic N) is 1. The molecular weight excluding hydrogens is 197 g/mol. The van der Waals surface area contributed by atoms with Gasteiger partial charge in [-0.2, -0.15) is 0 Å². The smallest absolute Gasteiger partial charge is 0.260 e. The molecule has 0 radical (unpaired) electrons. The highest BCUT2D eigenvalue weighted by Crippen LogP contribution is 2.08. The maximum absolute atomic E-state index is 13.2. The number of nitrogens with one attached hydrogen (secondary N) is 2. The van der Waals surface area contributed by atoms with E-state index < -0.39 is 11.7 Å². The number of hydrogen-bond donors (Lipinski definition) is 2. The standard InChI is InChI=1S/C10H8FN3O/c11-8-4-2-1-3-7(8)9(15)14-10-12-5-6-13-10/h1-6H,(H2,12,13,14,15). The van der Waals surface area contributed by atoms with E-state index in [9.17, 15) is 9.18 Å². The van der Waals surface area contributed by atoms with Gasteiger partial charge in [0.05, 0.1) is 5.56 Å². The number of carbonyl (C=O) groups is 1. The number of aromatic nitrogens is 2. The van der Waals surface area contributed by atoms with Crippen LogP contribution in [0.25, 0.3) is 0 Å². The quantitative estimate of drug-likeness (QED) is 0.785. The van der Waals surface area contributed by atoms with Crippen molar-refractivity contribution >= 4 is 11.9 Å². The molecule has 0 unspecified atom stereocenters. The predicted molar refractivity (Wildman–Crippen MR) is 52.9 cm³/mol. The van der Waals surface area contributed by atoms with Gasteiger partial charge in [-0.1, -0.05) is 12.1 Å². The molecule has 5 heteroatoms. The topological polar surface area (TPSA) is 57.8 Å². The van der Waals surface area contributed by atoms with Crippen LogP contribution in [-0.4, -0.2) is 15.9 Å². The molecule has 0 fully saturated rings. The number of aromatic amines is 1. The first-order valence-electron chi connectivity index (χ1n) is 4.32. The Labute approximate surface area is 85.2 Å². The molecule has 0 saturated heterocycles. The van der Waals surface area contributed by atoms with E-state index in [2.05, 4.69) is 15.3 Å². The Kier molecular flexibility index (Phi) is 2.45. The number of hydrogen-bond acceptors (Lipinski definition) is 2. The largest absolute Gasteiger partial charge is 0.331 e. The summed E-state index contributed by atoms with van der Waals surface area (Å²) >= 11 is 0. The van der Waals surface area contributed by atoms with Crippen LogP contribution in [0.1, 0.15) is 10.4 Å². The maximum atomic E-state index is 13.2. The van der Waals surface area contributed by atoms with Gasteiger partial charge < -0.3 is 4.98 Å². The molecule has 0 spiro atoms. The Morgan fingerprint density at radius 1 is 1.40 bits per heavy atom. The number of H-pyrrole nitrogens is 1. The van der Waals surface area contributed by atoms with Crippen LogP contribution < -0.4 is 5.32 Å². The van der Waals surface area contributed by atoms with Gasteiger partial charge in [-0.15, -0.1) is 0 Å². The molecule has 0 aliphatic carbocycles. The zero-order chi connectivity index (χ0) is 10.7. The Morgan fingerprint density at radius 3 is 2.87 bits per heavy atom. The van der Waals surface area contributed by atoms with Crippen LogP contribution in [-0.2, 0) is 0 Å². The van der Waals surface area contributed by atoms with Crippen LogP contribution in [0, 0.1) is 5.82 Å². The molecule has 2 aromatic rings. The Balaban J connectivity index is 2.19. The molecule has 0 aliphatic rings. The number of carbonyl (C=O) groups excluding carboxylic acids is 1. The summed E-state index contributed by atoms with van der Waals surface area (Å²) < 4.78 is 13.2. The molecular formula is C10H8FN3O. The van der Waals surface area contributed by atoms with Gasteiger partial charge in [0, 0.05) is 12.4 Å². The molecule has 2 N–H and O–H groups in total. The van der Waals surface area contributed by atoms with Crippen LogP contribution in [0.5, 0.6) is 0 Å². The monoisotopic (exact) mass is 205 g/mol. The average Bonchev–Trinajstić information content (AvgIpc) is 2.71. The number of imidazole rings is 1. The third-order valence-corrected chi connectivity index (χ3v) is 1.85. The molecule has 2 rings (SSSR count). The lowest BCUT2D eigenvalue weighted by Crippen LogP contribution is -2.14. The van der Waals surface area contributed by atoms with E-state index in [1.807, 2.05) is 0 Å². The minimum absolute atomic E-state index is 0.00565. The third kappa shape index (κ3) is 2.01. The van der Waals surface area contributed by atoms with Crippen molar-refractivity contribution in [3.63, 3.8) is 0 Å². The Morgan fingerprint density at radius 2 is 2.20 bits per heavy atom. The second-order valence-corrected chi connectivity index (χ2v) is 2.87. The SMILES string of the molecule is O=C(Nc1ncc[nH]1)c1ccccc1F. The lowest BCUT2D eigenvalue weighted by molar-refractivity contribution is 0.102. The Hall–Kier alpha value is -2.17. The zero-order valence-corrected chi connectivity index (χ0v) is 7.70. The molecule has 0 atom stereocenters. The zero-order valence-electron chi connectivity index (χ0n) is 7.70. The van der Waals surface area contributed by atoms with E-state index >= 15 is 0 Å². The first-order chi connectivity index (χ1) is 7.27. The number of anilines is 1. The van der Waals surface area contributed by atoms with E-state index in [-0.39, 0.29) is 5.56 Å². The van der Waals surface area contributed by atoms with Crippen molar-refractivity contribution in [2.45, 2.75) is 0 Å². The van der Waals surface area contributed by atoms with E-state index in [4.69, 9.17) is 0 Å². The summed E-state index contributed by atoms with van der Waals surface area (Å²) in [7, 11) is 0. The second-order valence-electron chi connectivity index (χ2n) is 2.87. The molecule has 0 bridgehead atoms. The third-order valence-electron chi connectivity index (χ3n) is 1.85. The Bertz CT molecular complexity index is 467. The summed E-state index contributed by atoms with van der Waals surface area (Å²) in [4.78, 5) is 18.0. The summed E-state index contributed by atoms with van der Waals surface area (Å²) in [5.74, 6) is -0.784. The van der Waals surface area contributed by atoms with Crippen LogP contribution >= 0.6 is 0 Å². The number of benzene rings is 1. The van der Waals surface area contributed by atoms with Crippen molar-refractivity contribution in [2.24, 2.45) is 0 Å². The van der Waals surface area contributed by atoms with Crippen molar-refractivity contribution < 1.29 is 9.18 Å². The average molecular weight is 205 g/mol. The summed E-state index contributed by atoms with van der Waals surface area (Å²) in [5.41, 5.74) is -0.00565.